The number of ether oxygens (including phenoxy) is 2. The van der Waals surface area contributed by atoms with E-state index in [-0.39, 0.29) is 11.8 Å². The maximum atomic E-state index is 13.1. The van der Waals surface area contributed by atoms with Crippen LogP contribution in [0.2, 0.25) is 0 Å². The smallest absolute Gasteiger partial charge is 0.227 e. The number of ketones is 1. The minimum Gasteiger partial charge on any atom is -0.493 e. The minimum absolute atomic E-state index is 0.158. The first-order valence-electron chi connectivity index (χ1n) is 11.6. The summed E-state index contributed by atoms with van der Waals surface area (Å²) in [6.07, 6.45) is 3.27. The molecule has 1 aliphatic carbocycles. The number of methoxy groups -OCH3 is 1. The predicted molar refractivity (Wildman–Crippen MR) is 132 cm³/mol. The van der Waals surface area contributed by atoms with Crippen molar-refractivity contribution in [3.05, 3.63) is 70.9 Å². The van der Waals surface area contributed by atoms with E-state index >= 15 is 0 Å². The molecule has 34 heavy (non-hydrogen) atoms. The van der Waals surface area contributed by atoms with Crippen molar-refractivity contribution in [3.63, 3.8) is 0 Å². The number of hydrogen-bond acceptors (Lipinski definition) is 7. The van der Waals surface area contributed by atoms with Crippen LogP contribution in [0.1, 0.15) is 49.8 Å². The largest absolute Gasteiger partial charge is 0.493 e. The first-order valence-corrected chi connectivity index (χ1v) is 12.6. The molecule has 0 saturated carbocycles. The minimum atomic E-state index is -0.348. The topological polar surface area (TPSA) is 78.3 Å². The molecule has 0 spiro atoms. The Morgan fingerprint density at radius 1 is 1.15 bits per heavy atom. The molecule has 1 aliphatic heterocycles. The molecule has 8 heteroatoms. The lowest BCUT2D eigenvalue weighted by molar-refractivity contribution is -0.116. The standard InChI is InChI=1S/C26H28N4O3S/c1-3-14-34-26-28-25-27-19-10-7-11-20(31)23(19)24(30(25)29-26)18-12-13-21(22(15-18)32-2)33-16-17-8-5-4-6-9-17/h4-6,8-9,12-13,15,24H,3,7,10-11,14,16H2,1-2H3,(H,27,28,29). The number of benzene rings is 2. The number of rotatable bonds is 8. The predicted octanol–water partition coefficient (Wildman–Crippen LogP) is 5.39. The van der Waals surface area contributed by atoms with Crippen molar-refractivity contribution in [2.24, 2.45) is 0 Å². The van der Waals surface area contributed by atoms with Crippen LogP contribution in [0.5, 0.6) is 11.5 Å². The van der Waals surface area contributed by atoms with E-state index in [1.807, 2.05) is 53.2 Å². The van der Waals surface area contributed by atoms with Crippen molar-refractivity contribution in [2.45, 2.75) is 50.4 Å². The highest BCUT2D eigenvalue weighted by Gasteiger charge is 2.37. The summed E-state index contributed by atoms with van der Waals surface area (Å²) in [7, 11) is 1.63. The van der Waals surface area contributed by atoms with Crippen LogP contribution in [-0.4, -0.2) is 33.4 Å². The number of carbonyl (C=O) groups is 1. The molecule has 2 aromatic carbocycles. The molecule has 1 unspecified atom stereocenters. The molecule has 0 fully saturated rings. The van der Waals surface area contributed by atoms with Crippen molar-refractivity contribution in [1.29, 1.82) is 0 Å². The molecular weight excluding hydrogens is 448 g/mol. The summed E-state index contributed by atoms with van der Waals surface area (Å²) in [5.41, 5.74) is 3.73. The molecule has 3 aromatic rings. The van der Waals surface area contributed by atoms with Gasteiger partial charge in [-0.05, 0) is 42.5 Å². The molecule has 2 heterocycles. The Kier molecular flexibility index (Phi) is 6.58. The van der Waals surface area contributed by atoms with E-state index in [9.17, 15) is 4.79 Å². The van der Waals surface area contributed by atoms with E-state index in [0.29, 0.717) is 30.5 Å². The molecule has 1 aromatic heterocycles. The van der Waals surface area contributed by atoms with Gasteiger partial charge in [0.25, 0.3) is 0 Å². The Balaban J connectivity index is 1.51. The zero-order chi connectivity index (χ0) is 23.5. The van der Waals surface area contributed by atoms with Crippen LogP contribution in [0.4, 0.5) is 5.95 Å². The first kappa shape index (κ1) is 22.5. The Hall–Kier alpha value is -3.26. The Morgan fingerprint density at radius 3 is 2.79 bits per heavy atom. The van der Waals surface area contributed by atoms with Crippen molar-refractivity contribution < 1.29 is 14.3 Å². The first-order chi connectivity index (χ1) is 16.7. The van der Waals surface area contributed by atoms with Gasteiger partial charge in [0.1, 0.15) is 12.6 Å². The van der Waals surface area contributed by atoms with Gasteiger partial charge in [0.05, 0.1) is 7.11 Å². The third kappa shape index (κ3) is 4.42. The van der Waals surface area contributed by atoms with Gasteiger partial charge in [-0.3, -0.25) is 4.79 Å². The van der Waals surface area contributed by atoms with E-state index < -0.39 is 0 Å². The summed E-state index contributed by atoms with van der Waals surface area (Å²) < 4.78 is 13.6. The zero-order valence-corrected chi connectivity index (χ0v) is 20.2. The molecule has 1 N–H and O–H groups in total. The van der Waals surface area contributed by atoms with Crippen LogP contribution < -0.4 is 14.8 Å². The van der Waals surface area contributed by atoms with Crippen molar-refractivity contribution in [2.75, 3.05) is 18.2 Å². The van der Waals surface area contributed by atoms with Crippen LogP contribution in [0.25, 0.3) is 0 Å². The third-order valence-electron chi connectivity index (χ3n) is 6.02. The van der Waals surface area contributed by atoms with Crippen molar-refractivity contribution >= 4 is 23.5 Å². The number of fused-ring (bicyclic) bond motifs is 1. The van der Waals surface area contributed by atoms with Crippen LogP contribution in [0.15, 0.2) is 65.0 Å². The van der Waals surface area contributed by atoms with E-state index in [0.717, 1.165) is 52.6 Å². The fourth-order valence-corrected chi connectivity index (χ4v) is 5.09. The summed E-state index contributed by atoms with van der Waals surface area (Å²) in [5.74, 6) is 3.07. The molecule has 0 radical (unpaired) electrons. The lowest BCUT2D eigenvalue weighted by atomic mass is 9.85. The number of aromatic nitrogens is 3. The number of carbonyl (C=O) groups excluding carboxylic acids is 1. The fourth-order valence-electron chi connectivity index (χ4n) is 4.41. The molecular formula is C26H28N4O3S. The average molecular weight is 477 g/mol. The maximum Gasteiger partial charge on any atom is 0.227 e. The van der Waals surface area contributed by atoms with Crippen LogP contribution in [-0.2, 0) is 11.4 Å². The van der Waals surface area contributed by atoms with Gasteiger partial charge in [0.15, 0.2) is 17.3 Å². The van der Waals surface area contributed by atoms with Gasteiger partial charge in [-0.1, -0.05) is 55.1 Å². The summed E-state index contributed by atoms with van der Waals surface area (Å²) >= 11 is 1.63. The summed E-state index contributed by atoms with van der Waals surface area (Å²) in [6.45, 7) is 2.58. The van der Waals surface area contributed by atoms with Gasteiger partial charge in [-0.25, -0.2) is 4.68 Å². The molecule has 0 bridgehead atoms. The van der Waals surface area contributed by atoms with Crippen molar-refractivity contribution in [1.82, 2.24) is 14.8 Å². The number of thioether (sulfide) groups is 1. The Bertz CT molecular complexity index is 1220. The van der Waals surface area contributed by atoms with E-state index in [1.165, 1.54) is 0 Å². The van der Waals surface area contributed by atoms with Gasteiger partial charge < -0.3 is 14.8 Å². The Morgan fingerprint density at radius 2 is 2.00 bits per heavy atom. The van der Waals surface area contributed by atoms with Gasteiger partial charge in [0, 0.05) is 23.4 Å². The highest BCUT2D eigenvalue weighted by molar-refractivity contribution is 7.99. The van der Waals surface area contributed by atoms with E-state index in [4.69, 9.17) is 19.6 Å². The van der Waals surface area contributed by atoms with Crippen LogP contribution in [0, 0.1) is 0 Å². The summed E-state index contributed by atoms with van der Waals surface area (Å²) in [6, 6.07) is 15.5. The zero-order valence-electron chi connectivity index (χ0n) is 19.4. The van der Waals surface area contributed by atoms with E-state index in [1.54, 1.807) is 18.9 Å². The van der Waals surface area contributed by atoms with Gasteiger partial charge in [-0.15, -0.1) is 5.10 Å². The van der Waals surface area contributed by atoms with Crippen molar-refractivity contribution in [3.8, 4) is 11.5 Å². The van der Waals surface area contributed by atoms with Gasteiger partial charge in [-0.2, -0.15) is 4.98 Å². The fraction of sp³-hybridized carbons (Fsp3) is 0.346. The maximum absolute atomic E-state index is 13.1. The molecule has 0 saturated heterocycles. The average Bonchev–Trinajstić information content (AvgIpc) is 3.28. The molecule has 1 atom stereocenters. The van der Waals surface area contributed by atoms with Crippen LogP contribution in [0.3, 0.4) is 0 Å². The van der Waals surface area contributed by atoms with Gasteiger partial charge >= 0.3 is 0 Å². The highest BCUT2D eigenvalue weighted by Crippen LogP contribution is 2.42. The second-order valence-electron chi connectivity index (χ2n) is 8.39. The number of nitrogens with one attached hydrogen (secondary N) is 1. The summed E-state index contributed by atoms with van der Waals surface area (Å²) in [5, 5.41) is 8.88. The normalized spacial score (nSPS) is 17.1. The SMILES string of the molecule is CCCSc1nc2n(n1)C(c1ccc(OCc3ccccc3)c(OC)c1)C1=C(CCCC1=O)N2. The molecule has 5 rings (SSSR count). The highest BCUT2D eigenvalue weighted by atomic mass is 32.2. The Labute approximate surface area is 203 Å². The third-order valence-corrected chi connectivity index (χ3v) is 7.07. The number of hydrogen-bond donors (Lipinski definition) is 1. The molecule has 0 amide bonds. The summed E-state index contributed by atoms with van der Waals surface area (Å²) in [4.78, 5) is 17.8. The second-order valence-corrected chi connectivity index (χ2v) is 9.45. The molecule has 2 aliphatic rings. The number of anilines is 1. The molecule has 7 nitrogen and oxygen atoms in total. The lowest BCUT2D eigenvalue weighted by Gasteiger charge is -2.32. The monoisotopic (exact) mass is 476 g/mol. The quantitative estimate of drug-likeness (QED) is 0.437. The van der Waals surface area contributed by atoms with E-state index in [2.05, 4.69) is 12.2 Å². The van der Waals surface area contributed by atoms with Gasteiger partial charge in [0.2, 0.25) is 11.1 Å². The second kappa shape index (κ2) is 9.93. The molecule has 176 valence electrons. The number of Topliss-reactive ketones (excluding diaryl/α,β-unsaturated/α-hetero) is 1. The van der Waals surface area contributed by atoms with Crippen LogP contribution >= 0.6 is 11.8 Å². The lowest BCUT2D eigenvalue weighted by Crippen LogP contribution is -2.31. The number of nitrogens with zero attached hydrogens (tertiary/aromatic N) is 3. The number of allylic oxidation sites excluding steroid dienone is 2.